The van der Waals surface area contributed by atoms with Crippen LogP contribution in [0, 0.1) is 5.82 Å². The van der Waals surface area contributed by atoms with Crippen LogP contribution in [0.4, 0.5) is 4.39 Å². The number of para-hydroxylation sites is 2. The number of hydrogen-bond acceptors (Lipinski definition) is 3. The molecule has 0 aliphatic rings. The highest BCUT2D eigenvalue weighted by Crippen LogP contribution is 2.31. The summed E-state index contributed by atoms with van der Waals surface area (Å²) in [5, 5.41) is 0.911. The minimum Gasteiger partial charge on any atom is -0.493 e. The van der Waals surface area contributed by atoms with Gasteiger partial charge in [-0.1, -0.05) is 24.3 Å². The van der Waals surface area contributed by atoms with Crippen molar-refractivity contribution in [1.29, 1.82) is 0 Å². The van der Waals surface area contributed by atoms with Gasteiger partial charge in [-0.2, -0.15) is 0 Å². The maximum atomic E-state index is 13.6. The van der Waals surface area contributed by atoms with E-state index in [2.05, 4.69) is 0 Å². The quantitative estimate of drug-likeness (QED) is 0.697. The molecule has 1 aromatic heterocycles. The molecule has 0 aliphatic carbocycles. The number of thiophene rings is 1. The van der Waals surface area contributed by atoms with Gasteiger partial charge in [0.15, 0.2) is 11.5 Å². The molecule has 0 N–H and O–H groups in total. The van der Waals surface area contributed by atoms with Crippen LogP contribution in [0.1, 0.15) is 4.88 Å². The van der Waals surface area contributed by atoms with E-state index < -0.39 is 0 Å². The summed E-state index contributed by atoms with van der Waals surface area (Å²) < 4.78 is 25.3. The number of halogens is 1. The number of methoxy groups -OCH3 is 1. The molecule has 0 spiro atoms. The zero-order valence-corrected chi connectivity index (χ0v) is 11.7. The lowest BCUT2D eigenvalue weighted by atomic mass is 10.2. The molecule has 3 rings (SSSR count). The van der Waals surface area contributed by atoms with Crippen molar-refractivity contribution in [3.63, 3.8) is 0 Å². The van der Waals surface area contributed by atoms with Gasteiger partial charge in [-0.25, -0.2) is 4.39 Å². The molecule has 20 heavy (non-hydrogen) atoms. The van der Waals surface area contributed by atoms with Gasteiger partial charge >= 0.3 is 0 Å². The van der Waals surface area contributed by atoms with E-state index in [0.29, 0.717) is 22.8 Å². The molecule has 3 aromatic rings. The first kappa shape index (κ1) is 12.9. The summed E-state index contributed by atoms with van der Waals surface area (Å²) in [6, 6.07) is 14.5. The van der Waals surface area contributed by atoms with Crippen molar-refractivity contribution in [3.05, 3.63) is 59.2 Å². The molecule has 2 nitrogen and oxygen atoms in total. The summed E-state index contributed by atoms with van der Waals surface area (Å²) in [6.45, 7) is 0.402. The third-order valence-electron chi connectivity index (χ3n) is 2.99. The molecule has 0 bridgehead atoms. The Morgan fingerprint density at radius 2 is 1.85 bits per heavy atom. The minimum absolute atomic E-state index is 0.184. The molecule has 0 amide bonds. The Bertz CT molecular complexity index is 736. The van der Waals surface area contributed by atoms with Gasteiger partial charge in [0.25, 0.3) is 0 Å². The first-order valence-corrected chi connectivity index (χ1v) is 7.02. The smallest absolute Gasteiger partial charge is 0.161 e. The number of ether oxygens (including phenoxy) is 2. The highest BCUT2D eigenvalue weighted by atomic mass is 32.1. The summed E-state index contributed by atoms with van der Waals surface area (Å²) in [4.78, 5) is 0.982. The molecule has 0 saturated carbocycles. The van der Waals surface area contributed by atoms with Crippen LogP contribution in [-0.2, 0) is 6.61 Å². The Morgan fingerprint density at radius 3 is 2.60 bits per heavy atom. The molecule has 0 saturated heterocycles. The Balaban J connectivity index is 1.82. The van der Waals surface area contributed by atoms with Crippen LogP contribution < -0.4 is 9.47 Å². The average Bonchev–Trinajstić information content (AvgIpc) is 2.90. The van der Waals surface area contributed by atoms with Crippen molar-refractivity contribution in [3.8, 4) is 11.5 Å². The highest BCUT2D eigenvalue weighted by molar-refractivity contribution is 7.19. The van der Waals surface area contributed by atoms with Crippen LogP contribution in [0.25, 0.3) is 10.1 Å². The van der Waals surface area contributed by atoms with Gasteiger partial charge in [-0.05, 0) is 29.7 Å². The van der Waals surface area contributed by atoms with E-state index in [9.17, 15) is 4.39 Å². The second-order valence-electron chi connectivity index (χ2n) is 4.31. The van der Waals surface area contributed by atoms with E-state index in [1.807, 2.05) is 36.4 Å². The van der Waals surface area contributed by atoms with E-state index in [1.165, 1.54) is 17.4 Å². The number of benzene rings is 2. The van der Waals surface area contributed by atoms with Crippen LogP contribution >= 0.6 is 11.3 Å². The zero-order valence-electron chi connectivity index (χ0n) is 10.9. The van der Waals surface area contributed by atoms with Gasteiger partial charge in [0.05, 0.1) is 11.8 Å². The van der Waals surface area contributed by atoms with Crippen LogP contribution in [-0.4, -0.2) is 7.11 Å². The van der Waals surface area contributed by atoms with E-state index in [0.717, 1.165) is 10.3 Å². The van der Waals surface area contributed by atoms with Gasteiger partial charge in [0, 0.05) is 4.88 Å². The topological polar surface area (TPSA) is 18.5 Å². The molecule has 0 atom stereocenters. The lowest BCUT2D eigenvalue weighted by Gasteiger charge is -2.08. The molecular formula is C16H13FO2S. The van der Waals surface area contributed by atoms with Crippen LogP contribution in [0.2, 0.25) is 0 Å². The van der Waals surface area contributed by atoms with Gasteiger partial charge < -0.3 is 9.47 Å². The first-order valence-electron chi connectivity index (χ1n) is 6.20. The minimum atomic E-state index is -0.184. The largest absolute Gasteiger partial charge is 0.493 e. The number of fused-ring (bicyclic) bond motifs is 1. The number of rotatable bonds is 4. The van der Waals surface area contributed by atoms with Crippen LogP contribution in [0.3, 0.4) is 0 Å². The molecule has 0 unspecified atom stereocenters. The van der Waals surface area contributed by atoms with Crippen molar-refractivity contribution in [1.82, 2.24) is 0 Å². The second kappa shape index (κ2) is 5.51. The van der Waals surface area contributed by atoms with Crippen LogP contribution in [0.15, 0.2) is 48.5 Å². The summed E-state index contributed by atoms with van der Waals surface area (Å²) in [7, 11) is 1.61. The average molecular weight is 288 g/mol. The van der Waals surface area contributed by atoms with E-state index >= 15 is 0 Å². The van der Waals surface area contributed by atoms with Gasteiger partial charge in [-0.15, -0.1) is 11.3 Å². The lowest BCUT2D eigenvalue weighted by Crippen LogP contribution is -1.95. The van der Waals surface area contributed by atoms with Crippen molar-refractivity contribution in [2.24, 2.45) is 0 Å². The highest BCUT2D eigenvalue weighted by Gasteiger charge is 2.08. The summed E-state index contributed by atoms with van der Waals surface area (Å²) in [5.74, 6) is 1.20. The predicted molar refractivity (Wildman–Crippen MR) is 79.1 cm³/mol. The van der Waals surface area contributed by atoms with E-state index in [4.69, 9.17) is 9.47 Å². The van der Waals surface area contributed by atoms with Crippen molar-refractivity contribution in [2.45, 2.75) is 6.61 Å². The van der Waals surface area contributed by atoms with Crippen molar-refractivity contribution >= 4 is 21.4 Å². The third kappa shape index (κ3) is 2.47. The predicted octanol–water partition coefficient (Wildman–Crippen LogP) is 4.63. The molecule has 0 fully saturated rings. The molecule has 1 heterocycles. The molecule has 0 aliphatic heterocycles. The monoisotopic (exact) mass is 288 g/mol. The van der Waals surface area contributed by atoms with Crippen molar-refractivity contribution < 1.29 is 13.9 Å². The van der Waals surface area contributed by atoms with E-state index in [-0.39, 0.29) is 5.82 Å². The van der Waals surface area contributed by atoms with Crippen molar-refractivity contribution in [2.75, 3.05) is 7.11 Å². The molecule has 0 radical (unpaired) electrons. The van der Waals surface area contributed by atoms with Gasteiger partial charge in [0.2, 0.25) is 0 Å². The number of hydrogen-bond donors (Lipinski definition) is 0. The van der Waals surface area contributed by atoms with Gasteiger partial charge in [0.1, 0.15) is 12.4 Å². The van der Waals surface area contributed by atoms with E-state index in [1.54, 1.807) is 13.2 Å². The Hall–Kier alpha value is -2.07. The fraction of sp³-hybridized carbons (Fsp3) is 0.125. The van der Waals surface area contributed by atoms with Gasteiger partial charge in [-0.3, -0.25) is 0 Å². The summed E-state index contributed by atoms with van der Waals surface area (Å²) in [5.41, 5.74) is 0. The maximum Gasteiger partial charge on any atom is 0.161 e. The zero-order chi connectivity index (χ0) is 13.9. The first-order chi connectivity index (χ1) is 9.78. The Morgan fingerprint density at radius 1 is 1.05 bits per heavy atom. The maximum absolute atomic E-state index is 13.6. The second-order valence-corrected chi connectivity index (χ2v) is 5.45. The molecule has 4 heteroatoms. The summed E-state index contributed by atoms with van der Waals surface area (Å²) in [6.07, 6.45) is 0. The Labute approximate surface area is 120 Å². The fourth-order valence-corrected chi connectivity index (χ4v) is 3.02. The molecule has 2 aromatic carbocycles. The summed E-state index contributed by atoms with van der Waals surface area (Å²) >= 11 is 1.42. The SMILES string of the molecule is COc1ccccc1OCc1cc2cccc(F)c2s1. The fourth-order valence-electron chi connectivity index (χ4n) is 2.04. The van der Waals surface area contributed by atoms with Crippen LogP contribution in [0.5, 0.6) is 11.5 Å². The molecule has 102 valence electrons. The normalized spacial score (nSPS) is 10.7. The lowest BCUT2D eigenvalue weighted by molar-refractivity contribution is 0.287. The third-order valence-corrected chi connectivity index (χ3v) is 4.12. The standard InChI is InChI=1S/C16H13FO2S/c1-18-14-7-2-3-8-15(14)19-10-12-9-11-5-4-6-13(17)16(11)20-12/h2-9H,10H2,1H3. The molecular weight excluding hydrogens is 275 g/mol. The Kier molecular flexibility index (Phi) is 3.56.